The lowest BCUT2D eigenvalue weighted by Crippen LogP contribution is -2.19. The number of nitrogens with one attached hydrogen (secondary N) is 1. The third-order valence-corrected chi connectivity index (χ3v) is 5.41. The molecular formula is C25H23ClFN5O. The number of anilines is 3. The van der Waals surface area contributed by atoms with E-state index in [0.717, 1.165) is 17.2 Å². The summed E-state index contributed by atoms with van der Waals surface area (Å²) < 4.78 is 15.2. The molecule has 0 spiro atoms. The summed E-state index contributed by atoms with van der Waals surface area (Å²) in [6, 6.07) is 20.7. The molecule has 33 heavy (non-hydrogen) atoms. The van der Waals surface area contributed by atoms with Gasteiger partial charge >= 0.3 is 0 Å². The first-order valence-electron chi connectivity index (χ1n) is 10.3. The van der Waals surface area contributed by atoms with Crippen LogP contribution in [0.3, 0.4) is 0 Å². The highest BCUT2D eigenvalue weighted by atomic mass is 35.5. The second kappa shape index (κ2) is 9.75. The predicted molar refractivity (Wildman–Crippen MR) is 130 cm³/mol. The molecule has 4 rings (SSSR count). The van der Waals surface area contributed by atoms with Gasteiger partial charge in [-0.2, -0.15) is 0 Å². The minimum absolute atomic E-state index is 0.0855. The van der Waals surface area contributed by atoms with Gasteiger partial charge in [0.25, 0.3) is 0 Å². The summed E-state index contributed by atoms with van der Waals surface area (Å²) in [7, 11) is 1.90. The van der Waals surface area contributed by atoms with Crippen LogP contribution in [0.15, 0.2) is 79.0 Å². The summed E-state index contributed by atoms with van der Waals surface area (Å²) in [6.45, 7) is 0.446. The van der Waals surface area contributed by atoms with Crippen molar-refractivity contribution in [2.45, 2.75) is 13.0 Å². The number of rotatable bonds is 7. The van der Waals surface area contributed by atoms with E-state index in [4.69, 9.17) is 22.3 Å². The number of carbonyl (C=O) groups excluding carboxylic acids is 1. The number of imidazole rings is 1. The van der Waals surface area contributed by atoms with Gasteiger partial charge in [0.2, 0.25) is 5.91 Å². The van der Waals surface area contributed by atoms with Crippen molar-refractivity contribution in [1.29, 1.82) is 0 Å². The van der Waals surface area contributed by atoms with Crippen molar-refractivity contribution in [3.8, 4) is 5.69 Å². The maximum absolute atomic E-state index is 13.3. The number of hydrogen-bond acceptors (Lipinski definition) is 4. The van der Waals surface area contributed by atoms with Crippen molar-refractivity contribution in [2.24, 2.45) is 0 Å². The average molecular weight is 464 g/mol. The largest absolute Gasteiger partial charge is 0.397 e. The lowest BCUT2D eigenvalue weighted by Gasteiger charge is -2.19. The van der Waals surface area contributed by atoms with Crippen LogP contribution in [0.5, 0.6) is 0 Å². The van der Waals surface area contributed by atoms with E-state index in [9.17, 15) is 9.18 Å². The molecule has 1 amide bonds. The molecule has 3 N–H and O–H groups in total. The Balaban J connectivity index is 1.59. The molecule has 0 fully saturated rings. The van der Waals surface area contributed by atoms with E-state index >= 15 is 0 Å². The molecule has 0 saturated carbocycles. The first kappa shape index (κ1) is 22.4. The summed E-state index contributed by atoms with van der Waals surface area (Å²) in [5.41, 5.74) is 9.32. The van der Waals surface area contributed by atoms with Crippen molar-refractivity contribution in [2.75, 3.05) is 23.0 Å². The number of aromatic nitrogens is 2. The van der Waals surface area contributed by atoms with E-state index in [0.29, 0.717) is 28.6 Å². The van der Waals surface area contributed by atoms with Gasteiger partial charge in [0.05, 0.1) is 30.0 Å². The SMILES string of the molecule is CN(Cc1nc(CC(=O)Nc2ccccc2N)cn1-c1ccc(Cl)cc1)c1ccc(F)cc1. The van der Waals surface area contributed by atoms with Crippen LogP contribution in [0.4, 0.5) is 21.5 Å². The van der Waals surface area contributed by atoms with Crippen LogP contribution in [0.25, 0.3) is 5.69 Å². The number of halogens is 2. The van der Waals surface area contributed by atoms with Crippen LogP contribution < -0.4 is 16.0 Å². The molecule has 0 aliphatic heterocycles. The summed E-state index contributed by atoms with van der Waals surface area (Å²) in [5.74, 6) is 0.223. The third kappa shape index (κ3) is 5.51. The predicted octanol–water partition coefficient (Wildman–Crippen LogP) is 5.06. The zero-order chi connectivity index (χ0) is 23.4. The van der Waals surface area contributed by atoms with Gasteiger partial charge in [-0.15, -0.1) is 0 Å². The first-order chi connectivity index (χ1) is 15.9. The summed E-state index contributed by atoms with van der Waals surface area (Å²) >= 11 is 6.05. The van der Waals surface area contributed by atoms with E-state index in [1.807, 2.05) is 47.0 Å². The molecule has 6 nitrogen and oxygen atoms in total. The smallest absolute Gasteiger partial charge is 0.230 e. The Morgan fingerprint density at radius 1 is 1.09 bits per heavy atom. The molecule has 0 aliphatic carbocycles. The van der Waals surface area contributed by atoms with E-state index in [1.165, 1.54) is 12.1 Å². The van der Waals surface area contributed by atoms with Gasteiger partial charge in [-0.25, -0.2) is 9.37 Å². The van der Waals surface area contributed by atoms with E-state index < -0.39 is 0 Å². The van der Waals surface area contributed by atoms with E-state index in [1.54, 1.807) is 36.4 Å². The molecule has 168 valence electrons. The van der Waals surface area contributed by atoms with Crippen molar-refractivity contribution >= 4 is 34.6 Å². The Kier molecular flexibility index (Phi) is 6.60. The molecule has 0 unspecified atom stereocenters. The van der Waals surface area contributed by atoms with Gasteiger partial charge in [-0.05, 0) is 60.7 Å². The van der Waals surface area contributed by atoms with Gasteiger partial charge in [-0.3, -0.25) is 4.79 Å². The molecule has 0 bridgehead atoms. The summed E-state index contributed by atoms with van der Waals surface area (Å²) in [6.07, 6.45) is 1.92. The molecule has 0 saturated heterocycles. The molecule has 0 radical (unpaired) electrons. The molecule has 4 aromatic rings. The topological polar surface area (TPSA) is 76.2 Å². The quantitative estimate of drug-likeness (QED) is 0.375. The average Bonchev–Trinajstić information content (AvgIpc) is 3.18. The fraction of sp³-hybridized carbons (Fsp3) is 0.120. The number of nitrogens with two attached hydrogens (primary N) is 1. The maximum atomic E-state index is 13.3. The molecule has 1 heterocycles. The van der Waals surface area contributed by atoms with Crippen LogP contribution >= 0.6 is 11.6 Å². The number of nitrogens with zero attached hydrogens (tertiary/aromatic N) is 3. The van der Waals surface area contributed by atoms with Crippen molar-refractivity contribution in [3.63, 3.8) is 0 Å². The maximum Gasteiger partial charge on any atom is 0.230 e. The van der Waals surface area contributed by atoms with Crippen molar-refractivity contribution < 1.29 is 9.18 Å². The molecule has 8 heteroatoms. The second-order valence-corrected chi connectivity index (χ2v) is 8.08. The van der Waals surface area contributed by atoms with Crippen LogP contribution in [0.2, 0.25) is 5.02 Å². The number of benzene rings is 3. The van der Waals surface area contributed by atoms with E-state index in [2.05, 4.69) is 5.32 Å². The van der Waals surface area contributed by atoms with Crippen LogP contribution in [-0.2, 0) is 17.8 Å². The highest BCUT2D eigenvalue weighted by Gasteiger charge is 2.15. The first-order valence-corrected chi connectivity index (χ1v) is 10.7. The summed E-state index contributed by atoms with van der Waals surface area (Å²) in [5, 5.41) is 3.46. The fourth-order valence-corrected chi connectivity index (χ4v) is 3.59. The molecule has 3 aromatic carbocycles. The molecule has 1 aromatic heterocycles. The Morgan fingerprint density at radius 3 is 2.48 bits per heavy atom. The number of amides is 1. The fourth-order valence-electron chi connectivity index (χ4n) is 3.46. The Morgan fingerprint density at radius 2 is 1.79 bits per heavy atom. The third-order valence-electron chi connectivity index (χ3n) is 5.16. The number of para-hydroxylation sites is 2. The van der Waals surface area contributed by atoms with E-state index in [-0.39, 0.29) is 18.1 Å². The van der Waals surface area contributed by atoms with Crippen LogP contribution in [0.1, 0.15) is 11.5 Å². The minimum atomic E-state index is -0.290. The van der Waals surface area contributed by atoms with Gasteiger partial charge in [0.1, 0.15) is 11.6 Å². The molecule has 0 aliphatic rings. The second-order valence-electron chi connectivity index (χ2n) is 7.64. The van der Waals surface area contributed by atoms with Crippen molar-refractivity contribution in [3.05, 3.63) is 101 Å². The van der Waals surface area contributed by atoms with Gasteiger partial charge in [-0.1, -0.05) is 23.7 Å². The normalized spacial score (nSPS) is 10.8. The number of hydrogen-bond donors (Lipinski definition) is 2. The van der Waals surface area contributed by atoms with Gasteiger partial charge in [0, 0.05) is 29.6 Å². The highest BCUT2D eigenvalue weighted by molar-refractivity contribution is 6.30. The highest BCUT2D eigenvalue weighted by Crippen LogP contribution is 2.21. The monoisotopic (exact) mass is 463 g/mol. The Bertz CT molecular complexity index is 1250. The minimum Gasteiger partial charge on any atom is -0.397 e. The zero-order valence-corrected chi connectivity index (χ0v) is 18.8. The Hall–Kier alpha value is -3.84. The molecule has 0 atom stereocenters. The number of carbonyl (C=O) groups is 1. The lowest BCUT2D eigenvalue weighted by atomic mass is 10.2. The summed E-state index contributed by atoms with van der Waals surface area (Å²) in [4.78, 5) is 19.3. The van der Waals surface area contributed by atoms with Gasteiger partial charge < -0.3 is 20.5 Å². The Labute approximate surface area is 196 Å². The van der Waals surface area contributed by atoms with Crippen LogP contribution in [0, 0.1) is 5.82 Å². The standard InChI is InChI=1S/C25H23ClFN5O/c1-31(20-12-8-18(27)9-13-20)16-24-29-19(15-32(24)21-10-6-17(26)7-11-21)14-25(33)30-23-5-3-2-4-22(23)28/h2-13,15H,14,16,28H2,1H3,(H,30,33). The number of nitrogen functional groups attached to an aromatic ring is 1. The van der Waals surface area contributed by atoms with Gasteiger partial charge in [0.15, 0.2) is 0 Å². The zero-order valence-electron chi connectivity index (χ0n) is 18.0. The van der Waals surface area contributed by atoms with Crippen molar-refractivity contribution in [1.82, 2.24) is 9.55 Å². The van der Waals surface area contributed by atoms with Crippen LogP contribution in [-0.4, -0.2) is 22.5 Å². The molecular weight excluding hydrogens is 441 g/mol. The lowest BCUT2D eigenvalue weighted by molar-refractivity contribution is -0.115.